The fourth-order valence-corrected chi connectivity index (χ4v) is 4.50. The summed E-state index contributed by atoms with van der Waals surface area (Å²) in [5.41, 5.74) is 1.22. The highest BCUT2D eigenvalue weighted by Crippen LogP contribution is 2.26. The van der Waals surface area contributed by atoms with Crippen molar-refractivity contribution in [2.45, 2.75) is 30.1 Å². The Morgan fingerprint density at radius 3 is 2.52 bits per heavy atom. The Hall–Kier alpha value is -1.66. The van der Waals surface area contributed by atoms with Crippen molar-refractivity contribution in [3.8, 4) is 0 Å². The van der Waals surface area contributed by atoms with Gasteiger partial charge in [-0.15, -0.1) is 0 Å². The molecule has 3 rings (SSSR count). The van der Waals surface area contributed by atoms with Crippen LogP contribution in [0, 0.1) is 0 Å². The van der Waals surface area contributed by atoms with E-state index in [1.54, 1.807) is 30.5 Å². The van der Waals surface area contributed by atoms with Crippen molar-refractivity contribution in [2.24, 2.45) is 0 Å². The Bertz CT molecular complexity index is 691. The zero-order valence-electron chi connectivity index (χ0n) is 13.2. The molecule has 6 heteroatoms. The van der Waals surface area contributed by atoms with E-state index in [0.717, 1.165) is 32.5 Å². The highest BCUT2D eigenvalue weighted by atomic mass is 32.2. The number of nitrogens with one attached hydrogen (secondary N) is 1. The van der Waals surface area contributed by atoms with E-state index in [2.05, 4.69) is 15.1 Å². The number of H-pyrrole nitrogens is 1. The zero-order valence-corrected chi connectivity index (χ0v) is 14.0. The molecule has 1 saturated heterocycles. The van der Waals surface area contributed by atoms with Crippen LogP contribution in [0.1, 0.15) is 30.9 Å². The topological polar surface area (TPSA) is 66.1 Å². The molecule has 0 radical (unpaired) electrons. The third-order valence-electron chi connectivity index (χ3n) is 4.54. The van der Waals surface area contributed by atoms with E-state index in [0.29, 0.717) is 17.2 Å². The minimum atomic E-state index is -3.15. The minimum Gasteiger partial charge on any atom is -0.303 e. The summed E-state index contributed by atoms with van der Waals surface area (Å²) in [5.74, 6) is 0.777. The molecule has 1 aromatic carbocycles. The standard InChI is InChI=1S/C17H23N3O2S/c21-23(22,16-5-2-1-3-6-16)14-4-11-20-12-8-15(9-13-20)17-7-10-18-19-17/h1-3,5-7,10,15H,4,8-9,11-14H2,(H,18,19). The van der Waals surface area contributed by atoms with Crippen LogP contribution in [0.5, 0.6) is 0 Å². The van der Waals surface area contributed by atoms with Crippen LogP contribution < -0.4 is 0 Å². The molecule has 23 heavy (non-hydrogen) atoms. The fourth-order valence-electron chi connectivity index (χ4n) is 3.19. The summed E-state index contributed by atoms with van der Waals surface area (Å²) in [4.78, 5) is 2.80. The second-order valence-electron chi connectivity index (χ2n) is 6.11. The summed E-state index contributed by atoms with van der Waals surface area (Å²) < 4.78 is 24.5. The van der Waals surface area contributed by atoms with Gasteiger partial charge in [-0.05, 0) is 57.1 Å². The second-order valence-corrected chi connectivity index (χ2v) is 8.22. The average Bonchev–Trinajstić information content (AvgIpc) is 3.11. The molecule has 0 bridgehead atoms. The lowest BCUT2D eigenvalue weighted by atomic mass is 9.94. The summed E-state index contributed by atoms with van der Waals surface area (Å²) in [6.07, 6.45) is 4.70. The molecule has 0 unspecified atom stereocenters. The van der Waals surface area contributed by atoms with Gasteiger partial charge in [0.2, 0.25) is 0 Å². The predicted molar refractivity (Wildman–Crippen MR) is 90.1 cm³/mol. The maximum Gasteiger partial charge on any atom is 0.178 e. The molecule has 124 valence electrons. The maximum absolute atomic E-state index is 12.3. The van der Waals surface area contributed by atoms with Crippen LogP contribution in [0.3, 0.4) is 0 Å². The van der Waals surface area contributed by atoms with Gasteiger partial charge >= 0.3 is 0 Å². The molecule has 1 aliphatic heterocycles. The van der Waals surface area contributed by atoms with Gasteiger partial charge in [-0.25, -0.2) is 8.42 Å². The van der Waals surface area contributed by atoms with E-state index in [1.165, 1.54) is 5.69 Å². The highest BCUT2D eigenvalue weighted by molar-refractivity contribution is 7.91. The Morgan fingerprint density at radius 2 is 1.87 bits per heavy atom. The van der Waals surface area contributed by atoms with Crippen molar-refractivity contribution >= 4 is 9.84 Å². The maximum atomic E-state index is 12.3. The van der Waals surface area contributed by atoms with Gasteiger partial charge in [-0.2, -0.15) is 5.10 Å². The fraction of sp³-hybridized carbons (Fsp3) is 0.471. The van der Waals surface area contributed by atoms with Crippen molar-refractivity contribution in [2.75, 3.05) is 25.4 Å². The van der Waals surface area contributed by atoms with Gasteiger partial charge in [0.25, 0.3) is 0 Å². The molecule has 0 spiro atoms. The number of likely N-dealkylation sites (tertiary alicyclic amines) is 1. The number of hydrogen-bond donors (Lipinski definition) is 1. The quantitative estimate of drug-likeness (QED) is 0.882. The lowest BCUT2D eigenvalue weighted by Crippen LogP contribution is -2.34. The predicted octanol–water partition coefficient (Wildman–Crippen LogP) is 2.45. The number of sulfone groups is 1. The molecule has 1 fully saturated rings. The summed E-state index contributed by atoms with van der Waals surface area (Å²) in [6, 6.07) is 10.8. The molecule has 0 amide bonds. The van der Waals surface area contributed by atoms with E-state index >= 15 is 0 Å². The van der Waals surface area contributed by atoms with E-state index in [-0.39, 0.29) is 5.75 Å². The van der Waals surface area contributed by atoms with Crippen LogP contribution in [-0.2, 0) is 9.84 Å². The third-order valence-corrected chi connectivity index (χ3v) is 6.36. The van der Waals surface area contributed by atoms with Crippen molar-refractivity contribution in [3.63, 3.8) is 0 Å². The molecule has 1 N–H and O–H groups in total. The van der Waals surface area contributed by atoms with Gasteiger partial charge in [0, 0.05) is 17.8 Å². The Labute approximate surface area is 137 Å². The molecule has 0 saturated carbocycles. The molecule has 2 heterocycles. The third kappa shape index (κ3) is 4.20. The zero-order chi connectivity index (χ0) is 16.1. The van der Waals surface area contributed by atoms with Gasteiger partial charge in [-0.1, -0.05) is 18.2 Å². The molecule has 1 aliphatic rings. The molecule has 1 aromatic heterocycles. The van der Waals surface area contributed by atoms with Gasteiger partial charge in [-0.3, -0.25) is 5.10 Å². The number of nitrogens with zero attached hydrogens (tertiary/aromatic N) is 2. The number of aromatic amines is 1. The minimum absolute atomic E-state index is 0.220. The van der Waals surface area contributed by atoms with Crippen molar-refractivity contribution in [3.05, 3.63) is 48.3 Å². The average molecular weight is 333 g/mol. The number of benzene rings is 1. The van der Waals surface area contributed by atoms with E-state index in [4.69, 9.17) is 0 Å². The lowest BCUT2D eigenvalue weighted by Gasteiger charge is -2.31. The van der Waals surface area contributed by atoms with Gasteiger partial charge in [0.05, 0.1) is 10.6 Å². The first-order chi connectivity index (χ1) is 11.1. The van der Waals surface area contributed by atoms with Gasteiger partial charge in [0.1, 0.15) is 0 Å². The molecular weight excluding hydrogens is 310 g/mol. The number of hydrogen-bond acceptors (Lipinski definition) is 4. The smallest absolute Gasteiger partial charge is 0.178 e. The SMILES string of the molecule is O=S(=O)(CCCN1CCC(c2ccn[nH]2)CC1)c1ccccc1. The van der Waals surface area contributed by atoms with Gasteiger partial charge in [0.15, 0.2) is 9.84 Å². The first-order valence-electron chi connectivity index (χ1n) is 8.14. The highest BCUT2D eigenvalue weighted by Gasteiger charge is 2.22. The largest absolute Gasteiger partial charge is 0.303 e. The Morgan fingerprint density at radius 1 is 1.13 bits per heavy atom. The summed E-state index contributed by atoms with van der Waals surface area (Å²) >= 11 is 0. The molecular formula is C17H23N3O2S. The van der Waals surface area contributed by atoms with Crippen molar-refractivity contribution < 1.29 is 8.42 Å². The van der Waals surface area contributed by atoms with Crippen LogP contribution in [0.4, 0.5) is 0 Å². The van der Waals surface area contributed by atoms with Crippen molar-refractivity contribution in [1.82, 2.24) is 15.1 Å². The number of aromatic nitrogens is 2. The summed E-state index contributed by atoms with van der Waals surface area (Å²) in [5, 5.41) is 7.07. The number of rotatable bonds is 6. The molecule has 2 aromatic rings. The monoisotopic (exact) mass is 333 g/mol. The van der Waals surface area contributed by atoms with Gasteiger partial charge < -0.3 is 4.90 Å². The first kappa shape index (κ1) is 16.2. The summed E-state index contributed by atoms with van der Waals surface area (Å²) in [7, 11) is -3.15. The van der Waals surface area contributed by atoms with E-state index in [9.17, 15) is 8.42 Å². The van der Waals surface area contributed by atoms with E-state index < -0.39 is 9.84 Å². The van der Waals surface area contributed by atoms with Crippen LogP contribution in [0.2, 0.25) is 0 Å². The number of piperidine rings is 1. The van der Waals surface area contributed by atoms with Crippen LogP contribution in [0.15, 0.2) is 47.5 Å². The first-order valence-corrected chi connectivity index (χ1v) is 9.80. The molecule has 5 nitrogen and oxygen atoms in total. The normalized spacial score (nSPS) is 17.4. The van der Waals surface area contributed by atoms with Crippen LogP contribution in [0.25, 0.3) is 0 Å². The van der Waals surface area contributed by atoms with Crippen LogP contribution in [-0.4, -0.2) is 48.9 Å². The molecule has 0 aliphatic carbocycles. The Kier molecular flexibility index (Phi) is 5.13. The van der Waals surface area contributed by atoms with Crippen molar-refractivity contribution in [1.29, 1.82) is 0 Å². The lowest BCUT2D eigenvalue weighted by molar-refractivity contribution is 0.211. The second kappa shape index (κ2) is 7.27. The summed E-state index contributed by atoms with van der Waals surface area (Å²) in [6.45, 7) is 2.89. The van der Waals surface area contributed by atoms with E-state index in [1.807, 2.05) is 12.1 Å². The molecule has 0 atom stereocenters. The Balaban J connectivity index is 1.44. The van der Waals surface area contributed by atoms with Crippen LogP contribution >= 0.6 is 0 Å².